The Balaban J connectivity index is 0. The van der Waals surface area contributed by atoms with Gasteiger partial charge in [0, 0.05) is 5.75 Å². The smallest absolute Gasteiger partial charge is 1.00 e. The maximum absolute atomic E-state index is 10.1. The molecule has 0 amide bonds. The molecule has 0 N–H and O–H groups in total. The molecule has 76 valence electrons. The van der Waals surface area contributed by atoms with Gasteiger partial charge in [-0.1, -0.05) is 30.3 Å². The van der Waals surface area contributed by atoms with Gasteiger partial charge in [0.05, 0.1) is 4.92 Å². The van der Waals surface area contributed by atoms with Crippen LogP contribution in [0.4, 0.5) is 0 Å². The summed E-state index contributed by atoms with van der Waals surface area (Å²) in [6, 6.07) is 9.75. The number of thioether (sulfide) groups is 1. The first-order valence-electron chi connectivity index (χ1n) is 3.89. The minimum atomic E-state index is -0.500. The van der Waals surface area contributed by atoms with Crippen LogP contribution in [-0.4, -0.2) is 4.92 Å². The van der Waals surface area contributed by atoms with Crippen LogP contribution in [0.1, 0.15) is 6.99 Å². The summed E-state index contributed by atoms with van der Waals surface area (Å²) in [7, 11) is 0. The van der Waals surface area contributed by atoms with Crippen LogP contribution in [0, 0.1) is 10.1 Å². The van der Waals surface area contributed by atoms with Crippen molar-refractivity contribution in [2.24, 2.45) is 0 Å². The quantitative estimate of drug-likeness (QED) is 0.363. The standard InChI is InChI=1S/C9H9NO2S2.K.H/c11-10(12)6-9(13)14-7-8-4-2-1-3-5-8;;/h1-6,13H,7H2;;/q;+1;-1. The van der Waals surface area contributed by atoms with E-state index in [2.05, 4.69) is 12.6 Å². The molecule has 0 spiro atoms. The fourth-order valence-corrected chi connectivity index (χ4v) is 1.81. The molecule has 1 aromatic carbocycles. The van der Waals surface area contributed by atoms with Gasteiger partial charge < -0.3 is 1.43 Å². The first-order chi connectivity index (χ1) is 6.68. The van der Waals surface area contributed by atoms with E-state index >= 15 is 0 Å². The van der Waals surface area contributed by atoms with Crippen molar-refractivity contribution >= 4 is 24.4 Å². The molecule has 6 heteroatoms. The molecule has 1 rings (SSSR count). The van der Waals surface area contributed by atoms with Crippen LogP contribution in [-0.2, 0) is 5.75 Å². The Bertz CT molecular complexity index is 349. The second-order valence-electron chi connectivity index (χ2n) is 2.53. The largest absolute Gasteiger partial charge is 1.00 e. The summed E-state index contributed by atoms with van der Waals surface area (Å²) in [5.74, 6) is 0.698. The topological polar surface area (TPSA) is 43.1 Å². The molecular formula is C9H10KNO2S2. The summed E-state index contributed by atoms with van der Waals surface area (Å²) in [4.78, 5) is 9.59. The van der Waals surface area contributed by atoms with Crippen LogP contribution >= 0.6 is 24.4 Å². The van der Waals surface area contributed by atoms with Crippen molar-refractivity contribution < 1.29 is 57.7 Å². The van der Waals surface area contributed by atoms with Gasteiger partial charge in [-0.2, -0.15) is 0 Å². The zero-order valence-electron chi connectivity index (χ0n) is 9.29. The predicted molar refractivity (Wildman–Crippen MR) is 62.9 cm³/mol. The molecule has 0 aliphatic carbocycles. The summed E-state index contributed by atoms with van der Waals surface area (Å²) in [5, 5.41) is 10.1. The van der Waals surface area contributed by atoms with E-state index in [4.69, 9.17) is 0 Å². The van der Waals surface area contributed by atoms with Gasteiger partial charge in [0.2, 0.25) is 0 Å². The predicted octanol–water partition coefficient (Wildman–Crippen LogP) is 0.0417. The zero-order chi connectivity index (χ0) is 10.4. The molecule has 0 radical (unpaired) electrons. The molecule has 0 bridgehead atoms. The van der Waals surface area contributed by atoms with E-state index in [-0.39, 0.29) is 52.8 Å². The fraction of sp³-hybridized carbons (Fsp3) is 0.111. The molecule has 0 heterocycles. The van der Waals surface area contributed by atoms with E-state index < -0.39 is 4.92 Å². The summed E-state index contributed by atoms with van der Waals surface area (Å²) >= 11 is 5.32. The molecule has 0 aliphatic rings. The molecule has 0 aromatic heterocycles. The summed E-state index contributed by atoms with van der Waals surface area (Å²) in [5.41, 5.74) is 1.13. The average molecular weight is 267 g/mol. The van der Waals surface area contributed by atoms with Crippen molar-refractivity contribution in [3.05, 3.63) is 56.4 Å². The van der Waals surface area contributed by atoms with E-state index in [9.17, 15) is 10.1 Å². The van der Waals surface area contributed by atoms with Gasteiger partial charge in [-0.15, -0.1) is 24.4 Å². The molecular weight excluding hydrogens is 257 g/mol. The molecule has 0 fully saturated rings. The van der Waals surface area contributed by atoms with Gasteiger partial charge in [-0.3, -0.25) is 10.1 Å². The fourth-order valence-electron chi connectivity index (χ4n) is 0.859. The molecule has 15 heavy (non-hydrogen) atoms. The van der Waals surface area contributed by atoms with Gasteiger partial charge in [0.25, 0.3) is 6.20 Å². The summed E-state index contributed by atoms with van der Waals surface area (Å²) in [6.07, 6.45) is 0.900. The van der Waals surface area contributed by atoms with Gasteiger partial charge >= 0.3 is 51.4 Å². The van der Waals surface area contributed by atoms with Crippen molar-refractivity contribution in [3.63, 3.8) is 0 Å². The van der Waals surface area contributed by atoms with E-state index in [0.717, 1.165) is 11.8 Å². The number of thiol groups is 1. The minimum Gasteiger partial charge on any atom is -1.00 e. The van der Waals surface area contributed by atoms with Crippen molar-refractivity contribution in [1.82, 2.24) is 0 Å². The zero-order valence-corrected chi connectivity index (χ0v) is 13.1. The third-order valence-corrected chi connectivity index (χ3v) is 2.83. The van der Waals surface area contributed by atoms with Crippen molar-refractivity contribution in [3.8, 4) is 0 Å². The molecule has 0 aliphatic heterocycles. The minimum absolute atomic E-state index is 0. The van der Waals surface area contributed by atoms with Crippen LogP contribution in [0.15, 0.2) is 40.8 Å². The Kier molecular flexibility index (Phi) is 9.21. The second kappa shape index (κ2) is 8.80. The van der Waals surface area contributed by atoms with Crippen LogP contribution in [0.3, 0.4) is 0 Å². The Morgan fingerprint density at radius 3 is 2.67 bits per heavy atom. The number of rotatable bonds is 4. The molecule has 0 atom stereocenters. The molecule has 0 saturated carbocycles. The molecule has 0 unspecified atom stereocenters. The Labute approximate surface area is 142 Å². The molecule has 1 aromatic rings. The molecule has 0 saturated heterocycles. The van der Waals surface area contributed by atoms with E-state index in [1.165, 1.54) is 11.8 Å². The maximum Gasteiger partial charge on any atom is 1.00 e. The Morgan fingerprint density at radius 2 is 2.13 bits per heavy atom. The number of hydrogen-bond acceptors (Lipinski definition) is 4. The van der Waals surface area contributed by atoms with E-state index in [1.807, 2.05) is 30.3 Å². The van der Waals surface area contributed by atoms with Crippen molar-refractivity contribution in [2.45, 2.75) is 5.75 Å². The first kappa shape index (κ1) is 15.7. The number of benzene rings is 1. The average Bonchev–Trinajstić information content (AvgIpc) is 2.15. The monoisotopic (exact) mass is 267 g/mol. The summed E-state index contributed by atoms with van der Waals surface area (Å²) < 4.78 is 0.416. The van der Waals surface area contributed by atoms with Crippen molar-refractivity contribution in [2.75, 3.05) is 0 Å². The van der Waals surface area contributed by atoms with Crippen LogP contribution in [0.5, 0.6) is 0 Å². The third kappa shape index (κ3) is 7.56. The van der Waals surface area contributed by atoms with Crippen molar-refractivity contribution in [1.29, 1.82) is 0 Å². The molecule has 3 nitrogen and oxygen atoms in total. The summed E-state index contributed by atoms with van der Waals surface area (Å²) in [6.45, 7) is 0. The van der Waals surface area contributed by atoms with Gasteiger partial charge in [0.15, 0.2) is 0 Å². The van der Waals surface area contributed by atoms with Gasteiger partial charge in [0.1, 0.15) is 4.24 Å². The van der Waals surface area contributed by atoms with Crippen LogP contribution in [0.25, 0.3) is 0 Å². The van der Waals surface area contributed by atoms with Crippen LogP contribution in [0.2, 0.25) is 0 Å². The van der Waals surface area contributed by atoms with Gasteiger partial charge in [-0.05, 0) is 5.56 Å². The number of nitrogens with zero attached hydrogens (tertiary/aromatic N) is 1. The number of nitro groups is 1. The van der Waals surface area contributed by atoms with Gasteiger partial charge in [-0.25, -0.2) is 0 Å². The number of hydrogen-bond donors (Lipinski definition) is 1. The Morgan fingerprint density at radius 1 is 1.53 bits per heavy atom. The second-order valence-corrected chi connectivity index (χ2v) is 4.33. The third-order valence-electron chi connectivity index (χ3n) is 1.45. The SMILES string of the molecule is O=[N+]([O-])C=C(S)SCc1ccccc1.[H-].[K+]. The Hall–Kier alpha value is 0.696. The maximum atomic E-state index is 10.1. The van der Waals surface area contributed by atoms with E-state index in [0.29, 0.717) is 9.99 Å². The van der Waals surface area contributed by atoms with E-state index in [1.54, 1.807) is 0 Å². The first-order valence-corrected chi connectivity index (χ1v) is 5.33. The normalized spacial score (nSPS) is 10.6. The van der Waals surface area contributed by atoms with Crippen LogP contribution < -0.4 is 51.4 Å².